The fourth-order valence-corrected chi connectivity index (χ4v) is 2.58. The van der Waals surface area contributed by atoms with Crippen molar-refractivity contribution in [2.45, 2.75) is 39.2 Å². The summed E-state index contributed by atoms with van der Waals surface area (Å²) in [5.41, 5.74) is 1.24. The number of piperidine rings is 1. The summed E-state index contributed by atoms with van der Waals surface area (Å²) in [4.78, 5) is 1.81. The third-order valence-corrected chi connectivity index (χ3v) is 3.55. The van der Waals surface area contributed by atoms with E-state index in [1.54, 1.807) is 0 Å². The van der Waals surface area contributed by atoms with Crippen molar-refractivity contribution in [3.63, 3.8) is 0 Å². The minimum absolute atomic E-state index is 0.146. The molecule has 6 heteroatoms. The lowest BCUT2D eigenvalue weighted by molar-refractivity contribution is -0.236. The number of amidine groups is 1. The van der Waals surface area contributed by atoms with Crippen LogP contribution in [-0.2, 0) is 4.74 Å². The summed E-state index contributed by atoms with van der Waals surface area (Å²) in [6, 6.07) is 0. The van der Waals surface area contributed by atoms with Crippen LogP contribution in [0.25, 0.3) is 0 Å². The number of hydrogen-bond acceptors (Lipinski definition) is 5. The van der Waals surface area contributed by atoms with E-state index in [9.17, 15) is 5.11 Å². The maximum atomic E-state index is 9.94. The van der Waals surface area contributed by atoms with Gasteiger partial charge in [-0.1, -0.05) is 0 Å². The van der Waals surface area contributed by atoms with E-state index in [1.165, 1.54) is 0 Å². The number of aliphatic hydroxyl groups is 1. The molecule has 3 unspecified atom stereocenters. The van der Waals surface area contributed by atoms with Gasteiger partial charge in [0.05, 0.1) is 5.60 Å². The van der Waals surface area contributed by atoms with Crippen molar-refractivity contribution < 1.29 is 15.1 Å². The smallest absolute Gasteiger partial charge is 0.216 e. The van der Waals surface area contributed by atoms with E-state index in [2.05, 4.69) is 0 Å². The highest BCUT2D eigenvalue weighted by molar-refractivity contribution is 5.88. The molecule has 17 heavy (non-hydrogen) atoms. The van der Waals surface area contributed by atoms with Gasteiger partial charge in [0, 0.05) is 18.5 Å². The SMILES string of the molecule is CC(C)(C)OC(O)N1CC2CC2(C(=N)NO)C1. The summed E-state index contributed by atoms with van der Waals surface area (Å²) in [6.07, 6.45) is -0.0378. The van der Waals surface area contributed by atoms with Crippen LogP contribution >= 0.6 is 0 Å². The van der Waals surface area contributed by atoms with Crippen LogP contribution in [0.1, 0.15) is 27.2 Å². The van der Waals surface area contributed by atoms with Gasteiger partial charge in [-0.3, -0.25) is 21.0 Å². The summed E-state index contributed by atoms with van der Waals surface area (Å²) in [5.74, 6) is 0.487. The van der Waals surface area contributed by atoms with Crippen LogP contribution in [0.4, 0.5) is 0 Å². The molecule has 2 rings (SSSR count). The van der Waals surface area contributed by atoms with E-state index >= 15 is 0 Å². The van der Waals surface area contributed by atoms with Gasteiger partial charge in [0.15, 0.2) is 0 Å². The Hall–Kier alpha value is -0.690. The highest BCUT2D eigenvalue weighted by Crippen LogP contribution is 2.58. The molecule has 0 bridgehead atoms. The molecule has 1 saturated carbocycles. The second-order valence-electron chi connectivity index (χ2n) is 6.03. The summed E-state index contributed by atoms with van der Waals surface area (Å²) in [6.45, 7) is 6.93. The number of nitrogens with zero attached hydrogens (tertiary/aromatic N) is 1. The Morgan fingerprint density at radius 2 is 2.24 bits per heavy atom. The number of rotatable bonds is 3. The molecule has 3 atom stereocenters. The van der Waals surface area contributed by atoms with E-state index in [-0.39, 0.29) is 11.3 Å². The molecule has 2 fully saturated rings. The molecular formula is C11H21N3O3. The molecule has 4 N–H and O–H groups in total. The molecule has 0 aromatic carbocycles. The minimum atomic E-state index is -0.939. The normalized spacial score (nSPS) is 34.3. The molecule has 1 aliphatic carbocycles. The van der Waals surface area contributed by atoms with Crippen LogP contribution in [0.5, 0.6) is 0 Å². The van der Waals surface area contributed by atoms with Crippen LogP contribution in [0.2, 0.25) is 0 Å². The van der Waals surface area contributed by atoms with E-state index in [4.69, 9.17) is 15.4 Å². The first-order chi connectivity index (χ1) is 7.78. The zero-order valence-electron chi connectivity index (χ0n) is 10.5. The van der Waals surface area contributed by atoms with Gasteiger partial charge in [-0.25, -0.2) is 0 Å². The predicted octanol–water partition coefficient (Wildman–Crippen LogP) is 0.355. The Bertz CT molecular complexity index is 328. The standard InChI is InChI=1S/C11H21N3O3/c1-10(2,3)17-9(15)14-5-7-4-11(7,6-14)8(12)13-16/h7,9,15-16H,4-6H2,1-3H3,(H2,12,13). The maximum absolute atomic E-state index is 9.94. The second-order valence-corrected chi connectivity index (χ2v) is 6.03. The molecule has 0 radical (unpaired) electrons. The number of ether oxygens (including phenoxy) is 1. The number of aliphatic hydroxyl groups excluding tert-OH is 1. The van der Waals surface area contributed by atoms with E-state index in [1.807, 2.05) is 31.2 Å². The lowest BCUT2D eigenvalue weighted by atomic mass is 10.1. The van der Waals surface area contributed by atoms with Gasteiger partial charge in [0.25, 0.3) is 0 Å². The number of hydroxylamine groups is 1. The molecule has 6 nitrogen and oxygen atoms in total. The molecule has 1 heterocycles. The zero-order chi connectivity index (χ0) is 12.8. The molecule has 0 amide bonds. The largest absolute Gasteiger partial charge is 0.356 e. The molecule has 1 saturated heterocycles. The molecule has 2 aliphatic rings. The second kappa shape index (κ2) is 3.91. The Morgan fingerprint density at radius 1 is 1.59 bits per heavy atom. The summed E-state index contributed by atoms with van der Waals surface area (Å²) in [5, 5.41) is 26.4. The highest BCUT2D eigenvalue weighted by Gasteiger charge is 2.64. The van der Waals surface area contributed by atoms with Crippen LogP contribution in [0, 0.1) is 16.7 Å². The number of fused-ring (bicyclic) bond motifs is 1. The predicted molar refractivity (Wildman–Crippen MR) is 61.6 cm³/mol. The topological polar surface area (TPSA) is 88.8 Å². The Kier molecular flexibility index (Phi) is 2.94. The molecule has 1 aliphatic heterocycles. The maximum Gasteiger partial charge on any atom is 0.216 e. The number of likely N-dealkylation sites (tertiary alicyclic amines) is 1. The van der Waals surface area contributed by atoms with Crippen LogP contribution in [-0.4, -0.2) is 46.2 Å². The van der Waals surface area contributed by atoms with Gasteiger partial charge in [-0.05, 0) is 33.1 Å². The third kappa shape index (κ3) is 2.30. The first kappa shape index (κ1) is 12.8. The van der Waals surface area contributed by atoms with Crippen LogP contribution < -0.4 is 5.48 Å². The van der Waals surface area contributed by atoms with E-state index in [0.29, 0.717) is 19.0 Å². The van der Waals surface area contributed by atoms with Gasteiger partial charge in [-0.15, -0.1) is 0 Å². The van der Waals surface area contributed by atoms with Crippen molar-refractivity contribution in [2.24, 2.45) is 11.3 Å². The van der Waals surface area contributed by atoms with Crippen molar-refractivity contribution in [2.75, 3.05) is 13.1 Å². The van der Waals surface area contributed by atoms with Gasteiger partial charge < -0.3 is 9.84 Å². The van der Waals surface area contributed by atoms with Crippen molar-refractivity contribution in [3.05, 3.63) is 0 Å². The zero-order valence-corrected chi connectivity index (χ0v) is 10.5. The molecular weight excluding hydrogens is 222 g/mol. The van der Waals surface area contributed by atoms with Gasteiger partial charge in [0.2, 0.25) is 6.41 Å². The number of hydrogen-bond donors (Lipinski definition) is 4. The van der Waals surface area contributed by atoms with E-state index in [0.717, 1.165) is 6.42 Å². The Morgan fingerprint density at radius 3 is 2.76 bits per heavy atom. The lowest BCUT2D eigenvalue weighted by Gasteiger charge is -2.31. The van der Waals surface area contributed by atoms with Gasteiger partial charge in [-0.2, -0.15) is 0 Å². The first-order valence-electron chi connectivity index (χ1n) is 5.87. The molecule has 0 aromatic heterocycles. The quantitative estimate of drug-likeness (QED) is 0.249. The summed E-state index contributed by atoms with van der Waals surface area (Å²) < 4.78 is 5.48. The average Bonchev–Trinajstić information content (AvgIpc) is 2.78. The van der Waals surface area contributed by atoms with Crippen molar-refractivity contribution in [3.8, 4) is 0 Å². The average molecular weight is 243 g/mol. The molecule has 0 spiro atoms. The van der Waals surface area contributed by atoms with Crippen molar-refractivity contribution in [1.29, 1.82) is 5.41 Å². The molecule has 0 aromatic rings. The van der Waals surface area contributed by atoms with Crippen molar-refractivity contribution >= 4 is 5.84 Å². The highest BCUT2D eigenvalue weighted by atomic mass is 16.6. The number of nitrogens with one attached hydrogen (secondary N) is 2. The summed E-state index contributed by atoms with van der Waals surface area (Å²) in [7, 11) is 0. The first-order valence-corrected chi connectivity index (χ1v) is 5.87. The van der Waals surface area contributed by atoms with Crippen LogP contribution in [0.15, 0.2) is 0 Å². The fraction of sp³-hybridized carbons (Fsp3) is 0.909. The third-order valence-electron chi connectivity index (χ3n) is 3.55. The van der Waals surface area contributed by atoms with Crippen molar-refractivity contribution in [1.82, 2.24) is 10.4 Å². The fourth-order valence-electron chi connectivity index (χ4n) is 2.58. The van der Waals surface area contributed by atoms with Crippen LogP contribution in [0.3, 0.4) is 0 Å². The monoisotopic (exact) mass is 243 g/mol. The van der Waals surface area contributed by atoms with Gasteiger partial charge in [0.1, 0.15) is 5.84 Å². The van der Waals surface area contributed by atoms with Gasteiger partial charge >= 0.3 is 0 Å². The Labute approximate surface area is 101 Å². The van der Waals surface area contributed by atoms with E-state index < -0.39 is 12.0 Å². The molecule has 98 valence electrons. The summed E-state index contributed by atoms with van der Waals surface area (Å²) >= 11 is 0. The lowest BCUT2D eigenvalue weighted by Crippen LogP contribution is -2.43. The minimum Gasteiger partial charge on any atom is -0.356 e. The Balaban J connectivity index is 1.93.